The van der Waals surface area contributed by atoms with E-state index in [1.165, 1.54) is 31.4 Å². The third-order valence-corrected chi connectivity index (χ3v) is 9.29. The van der Waals surface area contributed by atoms with E-state index >= 15 is 0 Å². The summed E-state index contributed by atoms with van der Waals surface area (Å²) in [5.41, 5.74) is 0.673. The summed E-state index contributed by atoms with van der Waals surface area (Å²) in [6.07, 6.45) is 8.60. The lowest BCUT2D eigenvalue weighted by Gasteiger charge is -2.31. The second-order valence-electron chi connectivity index (χ2n) is 8.01. The molecule has 2 fully saturated rings. The van der Waals surface area contributed by atoms with Crippen molar-refractivity contribution in [2.24, 2.45) is 5.92 Å². The average molecular weight is 463 g/mol. The van der Waals surface area contributed by atoms with Crippen molar-refractivity contribution in [1.29, 1.82) is 0 Å². The van der Waals surface area contributed by atoms with E-state index in [2.05, 4.69) is 0 Å². The predicted molar refractivity (Wildman–Crippen MR) is 114 cm³/mol. The SMILES string of the molecule is CS(=O)(=O)N(c1ccc(CC2CCN(C3CCCCC3)C2=O)c(Cl)c1)S(C)(=O)=O. The molecule has 1 atom stereocenters. The first kappa shape index (κ1) is 22.4. The van der Waals surface area contributed by atoms with Gasteiger partial charge in [0.2, 0.25) is 26.0 Å². The first-order valence-corrected chi connectivity index (χ1v) is 13.9. The van der Waals surface area contributed by atoms with Crippen LogP contribution in [0, 0.1) is 5.92 Å². The molecule has 1 heterocycles. The number of likely N-dealkylation sites (tertiary alicyclic amines) is 1. The van der Waals surface area contributed by atoms with Gasteiger partial charge >= 0.3 is 0 Å². The number of benzene rings is 1. The lowest BCUT2D eigenvalue weighted by molar-refractivity contribution is -0.133. The van der Waals surface area contributed by atoms with Crippen LogP contribution >= 0.6 is 11.6 Å². The minimum Gasteiger partial charge on any atom is -0.339 e. The highest BCUT2D eigenvalue weighted by Crippen LogP contribution is 2.33. The molecule has 1 aromatic rings. The Hall–Kier alpha value is -1.32. The Morgan fingerprint density at radius 2 is 1.66 bits per heavy atom. The van der Waals surface area contributed by atoms with Crippen LogP contribution in [0.1, 0.15) is 44.1 Å². The monoisotopic (exact) mass is 462 g/mol. The van der Waals surface area contributed by atoms with Gasteiger partial charge in [0, 0.05) is 23.5 Å². The quantitative estimate of drug-likeness (QED) is 0.648. The van der Waals surface area contributed by atoms with Crippen LogP contribution in [0.5, 0.6) is 0 Å². The molecule has 162 valence electrons. The predicted octanol–water partition coefficient (Wildman–Crippen LogP) is 2.79. The van der Waals surface area contributed by atoms with E-state index in [9.17, 15) is 21.6 Å². The molecule has 3 rings (SSSR count). The number of anilines is 1. The molecule has 0 bridgehead atoms. The van der Waals surface area contributed by atoms with E-state index < -0.39 is 20.0 Å². The summed E-state index contributed by atoms with van der Waals surface area (Å²) in [5.74, 6) is 0.00661. The van der Waals surface area contributed by atoms with Crippen LogP contribution < -0.4 is 3.71 Å². The number of nitrogens with zero attached hydrogens (tertiary/aromatic N) is 2. The second-order valence-corrected chi connectivity index (χ2v) is 12.3. The summed E-state index contributed by atoms with van der Waals surface area (Å²) in [6, 6.07) is 4.70. The summed E-state index contributed by atoms with van der Waals surface area (Å²) in [4.78, 5) is 14.9. The van der Waals surface area contributed by atoms with Crippen molar-refractivity contribution in [2.75, 3.05) is 22.8 Å². The molecule has 0 aromatic heterocycles. The summed E-state index contributed by atoms with van der Waals surface area (Å²) in [7, 11) is -8.06. The van der Waals surface area contributed by atoms with Crippen molar-refractivity contribution in [3.8, 4) is 0 Å². The maximum atomic E-state index is 12.9. The molecule has 1 aromatic carbocycles. The molecular formula is C19H27ClN2O5S2. The standard InChI is InChI=1S/C19H27ClN2O5S2/c1-28(24,25)22(29(2,26)27)17-9-8-14(18(20)13-17)12-15-10-11-21(19(15)23)16-6-4-3-5-7-16/h8-9,13,15-16H,3-7,10-12H2,1-2H3. The molecule has 0 N–H and O–H groups in total. The van der Waals surface area contributed by atoms with Gasteiger partial charge in [-0.2, -0.15) is 3.71 Å². The van der Waals surface area contributed by atoms with Crippen LogP contribution in [0.4, 0.5) is 5.69 Å². The lowest BCUT2D eigenvalue weighted by atomic mass is 9.94. The zero-order valence-electron chi connectivity index (χ0n) is 16.7. The molecule has 10 heteroatoms. The Morgan fingerprint density at radius 1 is 1.03 bits per heavy atom. The number of sulfonamides is 2. The Bertz CT molecular complexity index is 956. The number of amides is 1. The fourth-order valence-corrected chi connectivity index (χ4v) is 7.63. The van der Waals surface area contributed by atoms with Gasteiger partial charge in [0.1, 0.15) is 0 Å². The Balaban J connectivity index is 1.77. The Labute approximate surface area is 178 Å². The smallest absolute Gasteiger partial charge is 0.245 e. The first-order valence-electron chi connectivity index (χ1n) is 9.78. The molecular weight excluding hydrogens is 436 g/mol. The number of carbonyl (C=O) groups excluding carboxylic acids is 1. The third-order valence-electron chi connectivity index (χ3n) is 5.68. The highest BCUT2D eigenvalue weighted by Gasteiger charge is 2.36. The van der Waals surface area contributed by atoms with E-state index in [4.69, 9.17) is 11.6 Å². The summed E-state index contributed by atoms with van der Waals surface area (Å²) < 4.78 is 48.1. The fourth-order valence-electron chi connectivity index (χ4n) is 4.42. The molecule has 0 spiro atoms. The van der Waals surface area contributed by atoms with Crippen molar-refractivity contribution < 1.29 is 21.6 Å². The Morgan fingerprint density at radius 3 is 2.21 bits per heavy atom. The van der Waals surface area contributed by atoms with Gasteiger partial charge < -0.3 is 4.90 Å². The zero-order valence-corrected chi connectivity index (χ0v) is 19.1. The van der Waals surface area contributed by atoms with E-state index in [0.717, 1.165) is 38.3 Å². The lowest BCUT2D eigenvalue weighted by Crippen LogP contribution is -2.39. The molecule has 0 radical (unpaired) electrons. The summed E-state index contributed by atoms with van der Waals surface area (Å²) >= 11 is 6.34. The zero-order chi connectivity index (χ0) is 21.4. The molecule has 1 aliphatic carbocycles. The van der Waals surface area contributed by atoms with E-state index in [1.807, 2.05) is 4.90 Å². The van der Waals surface area contributed by atoms with Gasteiger partial charge in [0.05, 0.1) is 18.2 Å². The van der Waals surface area contributed by atoms with Crippen LogP contribution in [-0.2, 0) is 31.3 Å². The largest absolute Gasteiger partial charge is 0.339 e. The molecule has 29 heavy (non-hydrogen) atoms. The normalized spacial score (nSPS) is 21.6. The molecule has 7 nitrogen and oxygen atoms in total. The van der Waals surface area contributed by atoms with Crippen LogP contribution in [0.25, 0.3) is 0 Å². The number of halogens is 1. The topological polar surface area (TPSA) is 91.8 Å². The van der Waals surface area contributed by atoms with E-state index in [0.29, 0.717) is 21.7 Å². The van der Waals surface area contributed by atoms with Gasteiger partial charge in [0.15, 0.2) is 0 Å². The van der Waals surface area contributed by atoms with Crippen molar-refractivity contribution in [3.63, 3.8) is 0 Å². The first-order chi connectivity index (χ1) is 13.5. The van der Waals surface area contributed by atoms with E-state index in [-0.39, 0.29) is 22.5 Å². The average Bonchev–Trinajstić information content (AvgIpc) is 2.96. The van der Waals surface area contributed by atoms with Gasteiger partial charge in [-0.3, -0.25) is 4.79 Å². The second kappa shape index (κ2) is 8.43. The molecule has 1 saturated heterocycles. The van der Waals surface area contributed by atoms with Crippen LogP contribution in [0.15, 0.2) is 18.2 Å². The summed E-state index contributed by atoms with van der Waals surface area (Å²) in [6.45, 7) is 0.764. The van der Waals surface area contributed by atoms with Crippen molar-refractivity contribution in [2.45, 2.75) is 51.0 Å². The highest BCUT2D eigenvalue weighted by molar-refractivity contribution is 8.09. The minimum atomic E-state index is -4.03. The van der Waals surface area contributed by atoms with Crippen LogP contribution in [-0.4, -0.2) is 52.7 Å². The molecule has 2 aliphatic rings. The minimum absolute atomic E-state index is 0.0367. The van der Waals surface area contributed by atoms with E-state index in [1.54, 1.807) is 6.07 Å². The molecule has 1 unspecified atom stereocenters. The van der Waals surface area contributed by atoms with Crippen molar-refractivity contribution >= 4 is 43.2 Å². The molecule has 1 saturated carbocycles. The van der Waals surface area contributed by atoms with Crippen molar-refractivity contribution in [1.82, 2.24) is 4.90 Å². The van der Waals surface area contributed by atoms with Gasteiger partial charge in [-0.15, -0.1) is 0 Å². The highest BCUT2D eigenvalue weighted by atomic mass is 35.5. The third kappa shape index (κ3) is 5.06. The molecule has 1 aliphatic heterocycles. The maximum absolute atomic E-state index is 12.9. The number of hydrogen-bond donors (Lipinski definition) is 0. The van der Waals surface area contributed by atoms with Crippen molar-refractivity contribution in [3.05, 3.63) is 28.8 Å². The number of carbonyl (C=O) groups is 1. The van der Waals surface area contributed by atoms with Gasteiger partial charge in [-0.1, -0.05) is 36.9 Å². The van der Waals surface area contributed by atoms with Gasteiger partial charge in [-0.05, 0) is 43.4 Å². The fraction of sp³-hybridized carbons (Fsp3) is 0.632. The van der Waals surface area contributed by atoms with Crippen LogP contribution in [0.3, 0.4) is 0 Å². The number of hydrogen-bond acceptors (Lipinski definition) is 5. The van der Waals surface area contributed by atoms with Crippen LogP contribution in [0.2, 0.25) is 5.02 Å². The van der Waals surface area contributed by atoms with Gasteiger partial charge in [-0.25, -0.2) is 16.8 Å². The number of rotatable bonds is 6. The summed E-state index contributed by atoms with van der Waals surface area (Å²) in [5, 5.41) is 0.253. The van der Waals surface area contributed by atoms with Gasteiger partial charge in [0.25, 0.3) is 0 Å². The Kier molecular flexibility index (Phi) is 6.50. The maximum Gasteiger partial charge on any atom is 0.245 e. The molecule has 1 amide bonds.